The van der Waals surface area contributed by atoms with Crippen molar-refractivity contribution in [1.29, 1.82) is 0 Å². The molecule has 2 aromatic rings. The van der Waals surface area contributed by atoms with Crippen LogP contribution in [0, 0.1) is 6.92 Å². The highest BCUT2D eigenvalue weighted by molar-refractivity contribution is 5.84. The molecule has 0 aliphatic heterocycles. The number of oxime groups is 1. The lowest BCUT2D eigenvalue weighted by Crippen LogP contribution is -2.11. The van der Waals surface area contributed by atoms with Crippen molar-refractivity contribution in [3.8, 4) is 17.2 Å². The molecule has 0 amide bonds. The summed E-state index contributed by atoms with van der Waals surface area (Å²) in [4.78, 5) is 0. The fourth-order valence-electron chi connectivity index (χ4n) is 2.70. The van der Waals surface area contributed by atoms with E-state index in [1.807, 2.05) is 12.1 Å². The maximum atomic E-state index is 8.76. The summed E-state index contributed by atoms with van der Waals surface area (Å²) in [6.45, 7) is 7.19. The number of methoxy groups -OCH3 is 1. The highest BCUT2D eigenvalue weighted by Crippen LogP contribution is 2.30. The SMILES string of the molecule is COc1cccc(C=NO)c1OCCOc1ccc(C(C)C)c(C)c1. The second-order valence-electron chi connectivity index (χ2n) is 5.99. The number of para-hydroxylation sites is 1. The molecule has 1 N–H and O–H groups in total. The normalized spacial score (nSPS) is 11.1. The first kappa shape index (κ1) is 18.6. The lowest BCUT2D eigenvalue weighted by atomic mass is 9.98. The van der Waals surface area contributed by atoms with Crippen LogP contribution in [0.1, 0.15) is 36.5 Å². The summed E-state index contributed by atoms with van der Waals surface area (Å²) in [6.07, 6.45) is 1.31. The summed E-state index contributed by atoms with van der Waals surface area (Å²) in [7, 11) is 1.57. The zero-order chi connectivity index (χ0) is 18.2. The average Bonchev–Trinajstić information content (AvgIpc) is 2.59. The lowest BCUT2D eigenvalue weighted by molar-refractivity contribution is 0.211. The predicted octanol–water partition coefficient (Wildman–Crippen LogP) is 4.39. The Labute approximate surface area is 148 Å². The Morgan fingerprint density at radius 1 is 1.12 bits per heavy atom. The van der Waals surface area contributed by atoms with Gasteiger partial charge in [0.25, 0.3) is 0 Å². The quantitative estimate of drug-likeness (QED) is 0.334. The molecule has 25 heavy (non-hydrogen) atoms. The van der Waals surface area contributed by atoms with E-state index in [1.165, 1.54) is 17.3 Å². The van der Waals surface area contributed by atoms with Crippen molar-refractivity contribution >= 4 is 6.21 Å². The molecule has 0 radical (unpaired) electrons. The van der Waals surface area contributed by atoms with Crippen LogP contribution in [0.25, 0.3) is 0 Å². The van der Waals surface area contributed by atoms with Crippen molar-refractivity contribution in [3.63, 3.8) is 0 Å². The van der Waals surface area contributed by atoms with Crippen molar-refractivity contribution < 1.29 is 19.4 Å². The van der Waals surface area contributed by atoms with Gasteiger partial charge >= 0.3 is 0 Å². The van der Waals surface area contributed by atoms with Crippen LogP contribution in [0.15, 0.2) is 41.6 Å². The Morgan fingerprint density at radius 3 is 2.52 bits per heavy atom. The average molecular weight is 343 g/mol. The lowest BCUT2D eigenvalue weighted by Gasteiger charge is -2.14. The van der Waals surface area contributed by atoms with Crippen LogP contribution in [0.3, 0.4) is 0 Å². The van der Waals surface area contributed by atoms with Gasteiger partial charge in [-0.1, -0.05) is 31.1 Å². The highest BCUT2D eigenvalue weighted by atomic mass is 16.5. The molecule has 0 atom stereocenters. The molecule has 0 aliphatic carbocycles. The molecule has 0 aliphatic rings. The zero-order valence-electron chi connectivity index (χ0n) is 15.2. The minimum atomic E-state index is 0.345. The number of aryl methyl sites for hydroxylation is 1. The number of nitrogens with zero attached hydrogens (tertiary/aromatic N) is 1. The molecule has 0 saturated carbocycles. The summed E-state index contributed by atoms with van der Waals surface area (Å²) in [6, 6.07) is 11.5. The molecule has 5 nitrogen and oxygen atoms in total. The maximum absolute atomic E-state index is 8.76. The van der Waals surface area contributed by atoms with Crippen LogP contribution in [0.5, 0.6) is 17.2 Å². The van der Waals surface area contributed by atoms with Crippen LogP contribution in [-0.4, -0.2) is 31.7 Å². The van der Waals surface area contributed by atoms with Gasteiger partial charge in [0.15, 0.2) is 11.5 Å². The van der Waals surface area contributed by atoms with E-state index in [9.17, 15) is 0 Å². The Morgan fingerprint density at radius 2 is 1.88 bits per heavy atom. The van der Waals surface area contributed by atoms with Gasteiger partial charge in [0.1, 0.15) is 19.0 Å². The number of ether oxygens (including phenoxy) is 3. The molecule has 0 saturated heterocycles. The summed E-state index contributed by atoms with van der Waals surface area (Å²) in [5.74, 6) is 2.42. The van der Waals surface area contributed by atoms with Gasteiger partial charge in [-0.2, -0.15) is 0 Å². The molecule has 2 aromatic carbocycles. The van der Waals surface area contributed by atoms with Crippen molar-refractivity contribution in [2.75, 3.05) is 20.3 Å². The van der Waals surface area contributed by atoms with Gasteiger partial charge < -0.3 is 19.4 Å². The number of hydrogen-bond donors (Lipinski definition) is 1. The van der Waals surface area contributed by atoms with Gasteiger partial charge in [0, 0.05) is 5.56 Å². The van der Waals surface area contributed by atoms with Crippen LogP contribution in [0.2, 0.25) is 0 Å². The second kappa shape index (κ2) is 8.97. The molecule has 0 unspecified atom stereocenters. The van der Waals surface area contributed by atoms with Crippen LogP contribution in [-0.2, 0) is 0 Å². The number of rotatable bonds is 8. The van der Waals surface area contributed by atoms with Gasteiger partial charge in [0.2, 0.25) is 0 Å². The largest absolute Gasteiger partial charge is 0.493 e. The first-order chi connectivity index (χ1) is 12.1. The number of hydrogen-bond acceptors (Lipinski definition) is 5. The molecule has 0 spiro atoms. The van der Waals surface area contributed by atoms with Gasteiger partial charge in [-0.15, -0.1) is 0 Å². The van der Waals surface area contributed by atoms with Gasteiger partial charge in [0.05, 0.1) is 13.3 Å². The first-order valence-electron chi connectivity index (χ1n) is 8.27. The van der Waals surface area contributed by atoms with Gasteiger partial charge in [-0.25, -0.2) is 0 Å². The molecule has 0 heterocycles. The van der Waals surface area contributed by atoms with E-state index < -0.39 is 0 Å². The van der Waals surface area contributed by atoms with Crippen molar-refractivity contribution in [3.05, 3.63) is 53.1 Å². The third-order valence-electron chi connectivity index (χ3n) is 3.89. The van der Waals surface area contributed by atoms with Crippen molar-refractivity contribution in [2.45, 2.75) is 26.7 Å². The second-order valence-corrected chi connectivity index (χ2v) is 5.99. The van der Waals surface area contributed by atoms with Crippen molar-refractivity contribution in [1.82, 2.24) is 0 Å². The van der Waals surface area contributed by atoms with E-state index in [-0.39, 0.29) is 0 Å². The monoisotopic (exact) mass is 343 g/mol. The fourth-order valence-corrected chi connectivity index (χ4v) is 2.70. The molecule has 0 fully saturated rings. The van der Waals surface area contributed by atoms with Gasteiger partial charge in [-0.05, 0) is 48.2 Å². The van der Waals surface area contributed by atoms with Crippen molar-refractivity contribution in [2.24, 2.45) is 5.16 Å². The first-order valence-corrected chi connectivity index (χ1v) is 8.27. The number of benzene rings is 2. The molecule has 134 valence electrons. The minimum Gasteiger partial charge on any atom is -0.493 e. The molecular weight excluding hydrogens is 318 g/mol. The molecule has 2 rings (SSSR count). The molecular formula is C20H25NO4. The summed E-state index contributed by atoms with van der Waals surface area (Å²) < 4.78 is 16.8. The van der Waals surface area contributed by atoms with Crippen LogP contribution < -0.4 is 14.2 Å². The minimum absolute atomic E-state index is 0.345. The Kier molecular flexibility index (Phi) is 6.69. The standard InChI is InChI=1S/C20H25NO4/c1-14(2)18-9-8-17(12-15(18)3)24-10-11-25-20-16(13-21-22)6-5-7-19(20)23-4/h5-9,12-14,22H,10-11H2,1-4H3. The summed E-state index contributed by atoms with van der Waals surface area (Å²) in [5.41, 5.74) is 3.18. The maximum Gasteiger partial charge on any atom is 0.170 e. The zero-order valence-corrected chi connectivity index (χ0v) is 15.2. The van der Waals surface area contributed by atoms with E-state index in [0.29, 0.717) is 36.2 Å². The van der Waals surface area contributed by atoms with E-state index in [0.717, 1.165) is 5.75 Å². The van der Waals surface area contributed by atoms with E-state index in [1.54, 1.807) is 25.3 Å². The smallest absolute Gasteiger partial charge is 0.170 e. The van der Waals surface area contributed by atoms with E-state index in [2.05, 4.69) is 32.0 Å². The third-order valence-corrected chi connectivity index (χ3v) is 3.89. The molecule has 0 aromatic heterocycles. The van der Waals surface area contributed by atoms with E-state index >= 15 is 0 Å². The Bertz CT molecular complexity index is 726. The van der Waals surface area contributed by atoms with Crippen LogP contribution in [0.4, 0.5) is 0 Å². The van der Waals surface area contributed by atoms with Crippen LogP contribution >= 0.6 is 0 Å². The molecule has 0 bridgehead atoms. The summed E-state index contributed by atoms with van der Waals surface area (Å²) >= 11 is 0. The molecule has 5 heteroatoms. The predicted molar refractivity (Wildman–Crippen MR) is 98.6 cm³/mol. The summed E-state index contributed by atoms with van der Waals surface area (Å²) in [5, 5.41) is 11.8. The topological polar surface area (TPSA) is 60.3 Å². The van der Waals surface area contributed by atoms with Gasteiger partial charge in [-0.3, -0.25) is 0 Å². The Balaban J connectivity index is 1.97. The highest BCUT2D eigenvalue weighted by Gasteiger charge is 2.10. The van der Waals surface area contributed by atoms with E-state index in [4.69, 9.17) is 19.4 Å². The Hall–Kier alpha value is -2.69. The third kappa shape index (κ3) is 4.89. The fraction of sp³-hybridized carbons (Fsp3) is 0.350.